The van der Waals surface area contributed by atoms with E-state index in [2.05, 4.69) is 22.6 Å². The lowest BCUT2D eigenvalue weighted by atomic mass is 10.3. The fourth-order valence-electron chi connectivity index (χ4n) is 1.19. The molecule has 0 amide bonds. The van der Waals surface area contributed by atoms with Gasteiger partial charge in [-0.25, -0.2) is 0 Å². The number of rotatable bonds is 3. The third-order valence-corrected chi connectivity index (χ3v) is 1.82. The van der Waals surface area contributed by atoms with Crippen molar-refractivity contribution in [2.24, 2.45) is 0 Å². The lowest BCUT2D eigenvalue weighted by Gasteiger charge is -2.26. The molecule has 4 nitrogen and oxygen atoms in total. The van der Waals surface area contributed by atoms with E-state index in [0.29, 0.717) is 6.54 Å². The maximum absolute atomic E-state index is 8.53. The molecule has 1 aliphatic heterocycles. The Kier molecular flexibility index (Phi) is 3.90. The predicted molar refractivity (Wildman–Crippen MR) is 48.7 cm³/mol. The molecule has 0 aromatic heterocycles. The van der Waals surface area contributed by atoms with Gasteiger partial charge in [0.1, 0.15) is 0 Å². The second-order valence-electron chi connectivity index (χ2n) is 3.01. The van der Waals surface area contributed by atoms with Crippen molar-refractivity contribution < 1.29 is 5.11 Å². The summed E-state index contributed by atoms with van der Waals surface area (Å²) in [4.78, 5) is 2.25. The molecule has 1 rings (SSSR count). The Bertz CT molecular complexity index is 158. The van der Waals surface area contributed by atoms with Crippen LogP contribution in [-0.4, -0.2) is 49.8 Å². The number of aliphatic hydroxyl groups excluding tert-OH is 1. The van der Waals surface area contributed by atoms with Gasteiger partial charge in [-0.15, -0.1) is 0 Å². The topological polar surface area (TPSA) is 47.5 Å². The molecule has 3 N–H and O–H groups in total. The van der Waals surface area contributed by atoms with E-state index in [1.165, 1.54) is 5.70 Å². The largest absolute Gasteiger partial charge is 0.395 e. The second kappa shape index (κ2) is 5.00. The molecule has 12 heavy (non-hydrogen) atoms. The van der Waals surface area contributed by atoms with Crippen LogP contribution in [0.4, 0.5) is 0 Å². The minimum Gasteiger partial charge on any atom is -0.395 e. The summed E-state index contributed by atoms with van der Waals surface area (Å²) in [6.45, 7) is 3.85. The van der Waals surface area contributed by atoms with Crippen molar-refractivity contribution >= 4 is 0 Å². The lowest BCUT2D eigenvalue weighted by molar-refractivity contribution is 0.296. The quantitative estimate of drug-likeness (QED) is 0.474. The summed E-state index contributed by atoms with van der Waals surface area (Å²) >= 11 is 0. The SMILES string of the molecule is CN1CCN/C(=C\NCCO)C1. The van der Waals surface area contributed by atoms with E-state index in [1.807, 2.05) is 6.20 Å². The van der Waals surface area contributed by atoms with Gasteiger partial charge in [0, 0.05) is 38.1 Å². The smallest absolute Gasteiger partial charge is 0.0603 e. The fourth-order valence-corrected chi connectivity index (χ4v) is 1.19. The third-order valence-electron chi connectivity index (χ3n) is 1.82. The molecule has 0 spiro atoms. The van der Waals surface area contributed by atoms with Gasteiger partial charge in [0.25, 0.3) is 0 Å². The van der Waals surface area contributed by atoms with Gasteiger partial charge in [0.05, 0.1) is 6.61 Å². The highest BCUT2D eigenvalue weighted by molar-refractivity contribution is 5.03. The van der Waals surface area contributed by atoms with Crippen LogP contribution in [0.5, 0.6) is 0 Å². The van der Waals surface area contributed by atoms with Crippen molar-refractivity contribution in [3.8, 4) is 0 Å². The Morgan fingerprint density at radius 3 is 3.25 bits per heavy atom. The maximum Gasteiger partial charge on any atom is 0.0603 e. The molecule has 1 aliphatic rings. The monoisotopic (exact) mass is 171 g/mol. The van der Waals surface area contributed by atoms with Gasteiger partial charge >= 0.3 is 0 Å². The number of likely N-dealkylation sites (N-methyl/N-ethyl adjacent to an activating group) is 1. The van der Waals surface area contributed by atoms with Crippen LogP contribution < -0.4 is 10.6 Å². The highest BCUT2D eigenvalue weighted by Gasteiger charge is 2.07. The summed E-state index contributed by atoms with van der Waals surface area (Å²) < 4.78 is 0. The Hall–Kier alpha value is -0.740. The molecule has 0 bridgehead atoms. The number of hydrogen-bond donors (Lipinski definition) is 3. The molecule has 0 saturated carbocycles. The van der Waals surface area contributed by atoms with Gasteiger partial charge in [-0.2, -0.15) is 0 Å². The van der Waals surface area contributed by atoms with Gasteiger partial charge in [-0.05, 0) is 7.05 Å². The number of hydrogen-bond acceptors (Lipinski definition) is 4. The van der Waals surface area contributed by atoms with Crippen molar-refractivity contribution in [3.05, 3.63) is 11.9 Å². The zero-order chi connectivity index (χ0) is 8.81. The average molecular weight is 171 g/mol. The summed E-state index contributed by atoms with van der Waals surface area (Å²) in [6, 6.07) is 0. The van der Waals surface area contributed by atoms with Crippen LogP contribution in [0.25, 0.3) is 0 Å². The zero-order valence-corrected chi connectivity index (χ0v) is 7.51. The molecular formula is C8H17N3O. The molecule has 0 radical (unpaired) electrons. The van der Waals surface area contributed by atoms with Crippen LogP contribution in [0, 0.1) is 0 Å². The fraction of sp³-hybridized carbons (Fsp3) is 0.750. The Labute approximate surface area is 73.3 Å². The molecule has 70 valence electrons. The van der Waals surface area contributed by atoms with E-state index in [9.17, 15) is 0 Å². The summed E-state index contributed by atoms with van der Waals surface area (Å²) in [5.74, 6) is 0. The number of nitrogens with zero attached hydrogens (tertiary/aromatic N) is 1. The standard InChI is InChI=1S/C8H17N3O/c1-11-4-2-10-8(7-11)6-9-3-5-12/h6,9-10,12H,2-5,7H2,1H3/b8-6-. The molecule has 0 aliphatic carbocycles. The molecule has 1 heterocycles. The van der Waals surface area contributed by atoms with Gasteiger partial charge < -0.3 is 15.7 Å². The van der Waals surface area contributed by atoms with Crippen LogP contribution >= 0.6 is 0 Å². The van der Waals surface area contributed by atoms with Crippen LogP contribution in [0.3, 0.4) is 0 Å². The minimum atomic E-state index is 0.180. The molecule has 1 fully saturated rings. The van der Waals surface area contributed by atoms with Crippen molar-refractivity contribution in [2.45, 2.75) is 0 Å². The number of piperazine rings is 1. The third kappa shape index (κ3) is 3.11. The number of aliphatic hydroxyl groups is 1. The van der Waals surface area contributed by atoms with Crippen LogP contribution in [-0.2, 0) is 0 Å². The van der Waals surface area contributed by atoms with Gasteiger partial charge in [0.15, 0.2) is 0 Å². The average Bonchev–Trinajstić information content (AvgIpc) is 2.05. The van der Waals surface area contributed by atoms with Gasteiger partial charge in [-0.1, -0.05) is 0 Å². The van der Waals surface area contributed by atoms with Crippen LogP contribution in [0.2, 0.25) is 0 Å². The zero-order valence-electron chi connectivity index (χ0n) is 7.51. The molecule has 0 unspecified atom stereocenters. The van der Waals surface area contributed by atoms with E-state index < -0.39 is 0 Å². The van der Waals surface area contributed by atoms with Gasteiger partial charge in [-0.3, -0.25) is 4.90 Å². The highest BCUT2D eigenvalue weighted by atomic mass is 16.3. The first-order chi connectivity index (χ1) is 5.83. The Morgan fingerprint density at radius 1 is 1.75 bits per heavy atom. The van der Waals surface area contributed by atoms with Crippen molar-refractivity contribution in [3.63, 3.8) is 0 Å². The summed E-state index contributed by atoms with van der Waals surface area (Å²) in [7, 11) is 2.10. The predicted octanol–water partition coefficient (Wildman–Crippen LogP) is -1.06. The molecule has 0 atom stereocenters. The first-order valence-corrected chi connectivity index (χ1v) is 4.28. The number of nitrogens with one attached hydrogen (secondary N) is 2. The first-order valence-electron chi connectivity index (χ1n) is 4.28. The first kappa shape index (κ1) is 9.35. The normalized spacial score (nSPS) is 22.3. The molecular weight excluding hydrogens is 154 g/mol. The van der Waals surface area contributed by atoms with E-state index in [-0.39, 0.29) is 6.61 Å². The highest BCUT2D eigenvalue weighted by Crippen LogP contribution is 1.97. The summed E-state index contributed by atoms with van der Waals surface area (Å²) in [5, 5.41) is 14.8. The van der Waals surface area contributed by atoms with Gasteiger partial charge in [0.2, 0.25) is 0 Å². The van der Waals surface area contributed by atoms with Crippen molar-refractivity contribution in [1.82, 2.24) is 15.5 Å². The maximum atomic E-state index is 8.53. The van der Waals surface area contributed by atoms with Crippen LogP contribution in [0.15, 0.2) is 11.9 Å². The van der Waals surface area contributed by atoms with E-state index >= 15 is 0 Å². The minimum absolute atomic E-state index is 0.180. The Balaban J connectivity index is 2.25. The van der Waals surface area contributed by atoms with Crippen molar-refractivity contribution in [1.29, 1.82) is 0 Å². The summed E-state index contributed by atoms with van der Waals surface area (Å²) in [5.41, 5.74) is 1.19. The van der Waals surface area contributed by atoms with E-state index in [4.69, 9.17) is 5.11 Å². The molecule has 0 aromatic carbocycles. The molecule has 1 saturated heterocycles. The lowest BCUT2D eigenvalue weighted by Crippen LogP contribution is -2.40. The Morgan fingerprint density at radius 2 is 2.58 bits per heavy atom. The van der Waals surface area contributed by atoms with E-state index in [0.717, 1.165) is 19.6 Å². The van der Waals surface area contributed by atoms with Crippen LogP contribution in [0.1, 0.15) is 0 Å². The molecule has 4 heteroatoms. The molecule has 0 aromatic rings. The van der Waals surface area contributed by atoms with E-state index in [1.54, 1.807) is 0 Å². The van der Waals surface area contributed by atoms with Crippen molar-refractivity contribution in [2.75, 3.05) is 39.8 Å². The second-order valence-corrected chi connectivity index (χ2v) is 3.01. The summed E-state index contributed by atoms with van der Waals surface area (Å²) in [6.07, 6.45) is 1.94.